The predicted octanol–water partition coefficient (Wildman–Crippen LogP) is 4.28. The minimum absolute atomic E-state index is 0.146. The molecule has 0 aliphatic rings. The van der Waals surface area contributed by atoms with Gasteiger partial charge in [-0.15, -0.1) is 0 Å². The van der Waals surface area contributed by atoms with E-state index in [1.165, 1.54) is 18.2 Å². The van der Waals surface area contributed by atoms with Crippen LogP contribution in [0.15, 0.2) is 48.5 Å². The zero-order valence-electron chi connectivity index (χ0n) is 13.7. The van der Waals surface area contributed by atoms with E-state index in [9.17, 15) is 9.18 Å². The number of para-hydroxylation sites is 1. The van der Waals surface area contributed by atoms with Gasteiger partial charge in [-0.2, -0.15) is 0 Å². The van der Waals surface area contributed by atoms with Gasteiger partial charge in [-0.1, -0.05) is 25.1 Å². The highest BCUT2D eigenvalue weighted by atomic mass is 19.1. The molecule has 0 spiro atoms. The molecule has 0 radical (unpaired) electrons. The predicted molar refractivity (Wildman–Crippen MR) is 92.8 cm³/mol. The first-order chi connectivity index (χ1) is 11.6. The first kappa shape index (κ1) is 17.5. The zero-order chi connectivity index (χ0) is 17.4. The van der Waals surface area contributed by atoms with Gasteiger partial charge in [0.15, 0.2) is 11.5 Å². The van der Waals surface area contributed by atoms with Crippen LogP contribution in [0.4, 0.5) is 10.1 Å². The van der Waals surface area contributed by atoms with E-state index in [4.69, 9.17) is 9.47 Å². The van der Waals surface area contributed by atoms with E-state index in [0.717, 1.165) is 12.0 Å². The lowest BCUT2D eigenvalue weighted by Gasteiger charge is -2.10. The number of carbonyl (C=O) groups excluding carboxylic acids is 1. The summed E-state index contributed by atoms with van der Waals surface area (Å²) in [6.07, 6.45) is 3.87. The summed E-state index contributed by atoms with van der Waals surface area (Å²) in [6, 6.07) is 11.4. The fourth-order valence-corrected chi connectivity index (χ4v) is 2.03. The Balaban J connectivity index is 2.05. The summed E-state index contributed by atoms with van der Waals surface area (Å²) in [6.45, 7) is 2.63. The van der Waals surface area contributed by atoms with E-state index in [2.05, 4.69) is 5.32 Å². The SMILES string of the molecule is CCCOc1ccc(/C=C/C(=O)Nc2ccccc2F)cc1OC. The van der Waals surface area contributed by atoms with Gasteiger partial charge in [-0.25, -0.2) is 4.39 Å². The Morgan fingerprint density at radius 2 is 2.00 bits per heavy atom. The number of rotatable bonds is 7. The Hall–Kier alpha value is -2.82. The molecule has 0 fully saturated rings. The Morgan fingerprint density at radius 1 is 1.21 bits per heavy atom. The van der Waals surface area contributed by atoms with Crippen molar-refractivity contribution >= 4 is 17.7 Å². The van der Waals surface area contributed by atoms with E-state index >= 15 is 0 Å². The fourth-order valence-electron chi connectivity index (χ4n) is 2.03. The van der Waals surface area contributed by atoms with Crippen molar-refractivity contribution in [1.82, 2.24) is 0 Å². The summed E-state index contributed by atoms with van der Waals surface area (Å²) >= 11 is 0. The Bertz CT molecular complexity index is 728. The quantitative estimate of drug-likeness (QED) is 0.772. The summed E-state index contributed by atoms with van der Waals surface area (Å²) in [4.78, 5) is 11.9. The molecular weight excluding hydrogens is 309 g/mol. The third kappa shape index (κ3) is 4.84. The molecule has 5 heteroatoms. The van der Waals surface area contributed by atoms with Crippen LogP contribution in [0, 0.1) is 5.82 Å². The largest absolute Gasteiger partial charge is 0.493 e. The number of anilines is 1. The van der Waals surface area contributed by atoms with Crippen LogP contribution in [0.1, 0.15) is 18.9 Å². The lowest BCUT2D eigenvalue weighted by atomic mass is 10.2. The molecule has 2 aromatic rings. The molecular formula is C19H20FNO3. The highest BCUT2D eigenvalue weighted by Gasteiger charge is 2.06. The second-order valence-corrected chi connectivity index (χ2v) is 5.06. The molecule has 24 heavy (non-hydrogen) atoms. The van der Waals surface area contributed by atoms with Gasteiger partial charge in [0.2, 0.25) is 5.91 Å². The van der Waals surface area contributed by atoms with Crippen molar-refractivity contribution in [2.24, 2.45) is 0 Å². The summed E-state index contributed by atoms with van der Waals surface area (Å²) in [7, 11) is 1.56. The van der Waals surface area contributed by atoms with Crippen molar-refractivity contribution in [3.8, 4) is 11.5 Å². The van der Waals surface area contributed by atoms with E-state index in [-0.39, 0.29) is 5.69 Å². The van der Waals surface area contributed by atoms with Crippen LogP contribution in [-0.4, -0.2) is 19.6 Å². The van der Waals surface area contributed by atoms with Crippen molar-refractivity contribution < 1.29 is 18.7 Å². The molecule has 4 nitrogen and oxygen atoms in total. The third-order valence-electron chi connectivity index (χ3n) is 3.21. The smallest absolute Gasteiger partial charge is 0.248 e. The maximum atomic E-state index is 13.5. The molecule has 0 atom stereocenters. The number of hydrogen-bond donors (Lipinski definition) is 1. The third-order valence-corrected chi connectivity index (χ3v) is 3.21. The number of halogens is 1. The van der Waals surface area contributed by atoms with Crippen LogP contribution in [0.3, 0.4) is 0 Å². The van der Waals surface area contributed by atoms with Crippen LogP contribution in [0.25, 0.3) is 6.08 Å². The topological polar surface area (TPSA) is 47.6 Å². The normalized spacial score (nSPS) is 10.6. The van der Waals surface area contributed by atoms with E-state index in [1.807, 2.05) is 13.0 Å². The molecule has 0 aliphatic heterocycles. The number of nitrogens with one attached hydrogen (secondary N) is 1. The Labute approximate surface area is 140 Å². The molecule has 0 unspecified atom stereocenters. The van der Waals surface area contributed by atoms with Crippen LogP contribution in [-0.2, 0) is 4.79 Å². The highest BCUT2D eigenvalue weighted by molar-refractivity contribution is 6.02. The summed E-state index contributed by atoms with van der Waals surface area (Å²) in [5.41, 5.74) is 0.924. The fraction of sp³-hybridized carbons (Fsp3) is 0.211. The summed E-state index contributed by atoms with van der Waals surface area (Å²) in [5.74, 6) is 0.371. The second kappa shape index (κ2) is 8.72. The number of carbonyl (C=O) groups is 1. The Morgan fingerprint density at radius 3 is 2.71 bits per heavy atom. The summed E-state index contributed by atoms with van der Waals surface area (Å²) < 4.78 is 24.4. The van der Waals surface area contributed by atoms with Crippen LogP contribution >= 0.6 is 0 Å². The van der Waals surface area contributed by atoms with Crippen molar-refractivity contribution in [2.75, 3.05) is 19.0 Å². The minimum atomic E-state index is -0.474. The first-order valence-corrected chi connectivity index (χ1v) is 7.68. The standard InChI is InChI=1S/C19H20FNO3/c1-3-12-24-17-10-8-14(13-18(17)23-2)9-11-19(22)21-16-7-5-4-6-15(16)20/h4-11,13H,3,12H2,1-2H3,(H,21,22)/b11-9+. The number of amides is 1. The summed E-state index contributed by atoms with van der Waals surface area (Å²) in [5, 5.41) is 2.49. The van der Waals surface area contributed by atoms with Gasteiger partial charge in [0, 0.05) is 6.08 Å². The molecule has 126 valence electrons. The zero-order valence-corrected chi connectivity index (χ0v) is 13.7. The molecule has 1 N–H and O–H groups in total. The molecule has 0 aromatic heterocycles. The number of benzene rings is 2. The molecule has 0 heterocycles. The van der Waals surface area contributed by atoms with Crippen LogP contribution < -0.4 is 14.8 Å². The van der Waals surface area contributed by atoms with E-state index < -0.39 is 11.7 Å². The molecule has 0 saturated heterocycles. The van der Waals surface area contributed by atoms with Crippen molar-refractivity contribution in [3.05, 3.63) is 59.9 Å². The van der Waals surface area contributed by atoms with Crippen molar-refractivity contribution in [3.63, 3.8) is 0 Å². The number of ether oxygens (including phenoxy) is 2. The molecule has 2 aromatic carbocycles. The number of hydrogen-bond acceptors (Lipinski definition) is 3. The minimum Gasteiger partial charge on any atom is -0.493 e. The molecule has 0 bridgehead atoms. The first-order valence-electron chi connectivity index (χ1n) is 7.68. The molecule has 1 amide bonds. The average molecular weight is 329 g/mol. The van der Waals surface area contributed by atoms with Crippen molar-refractivity contribution in [2.45, 2.75) is 13.3 Å². The van der Waals surface area contributed by atoms with Gasteiger partial charge in [0.05, 0.1) is 19.4 Å². The van der Waals surface area contributed by atoms with E-state index in [1.54, 1.807) is 37.5 Å². The molecule has 0 saturated carbocycles. The van der Waals surface area contributed by atoms with Crippen LogP contribution in [0.5, 0.6) is 11.5 Å². The molecule has 0 aliphatic carbocycles. The lowest BCUT2D eigenvalue weighted by Crippen LogP contribution is -2.09. The maximum absolute atomic E-state index is 13.5. The Kier molecular flexibility index (Phi) is 6.37. The second-order valence-electron chi connectivity index (χ2n) is 5.06. The monoisotopic (exact) mass is 329 g/mol. The maximum Gasteiger partial charge on any atom is 0.248 e. The van der Waals surface area contributed by atoms with Gasteiger partial charge in [0.25, 0.3) is 0 Å². The van der Waals surface area contributed by atoms with Gasteiger partial charge < -0.3 is 14.8 Å². The average Bonchev–Trinajstić information content (AvgIpc) is 2.60. The van der Waals surface area contributed by atoms with E-state index in [0.29, 0.717) is 18.1 Å². The van der Waals surface area contributed by atoms with Gasteiger partial charge >= 0.3 is 0 Å². The lowest BCUT2D eigenvalue weighted by molar-refractivity contribution is -0.111. The highest BCUT2D eigenvalue weighted by Crippen LogP contribution is 2.28. The van der Waals surface area contributed by atoms with Crippen LogP contribution in [0.2, 0.25) is 0 Å². The van der Waals surface area contributed by atoms with Gasteiger partial charge in [-0.3, -0.25) is 4.79 Å². The molecule has 2 rings (SSSR count). The number of methoxy groups -OCH3 is 1. The van der Waals surface area contributed by atoms with Gasteiger partial charge in [0.1, 0.15) is 5.82 Å². The van der Waals surface area contributed by atoms with Crippen molar-refractivity contribution in [1.29, 1.82) is 0 Å². The van der Waals surface area contributed by atoms with Gasteiger partial charge in [-0.05, 0) is 42.3 Å².